The molecule has 1 aliphatic carbocycles. The fourth-order valence-corrected chi connectivity index (χ4v) is 3.78. The summed E-state index contributed by atoms with van der Waals surface area (Å²) in [7, 11) is 0. The molecule has 0 aromatic carbocycles. The number of nitrogens with one attached hydrogen (secondary N) is 1. The van der Waals surface area contributed by atoms with Crippen molar-refractivity contribution >= 4 is 6.09 Å². The molecule has 0 aromatic heterocycles. The highest BCUT2D eigenvalue weighted by Gasteiger charge is 2.25. The summed E-state index contributed by atoms with van der Waals surface area (Å²) in [6.45, 7) is 8.57. The second kappa shape index (κ2) is 8.91. The topological polar surface area (TPSA) is 41.6 Å². The standard InChI is InChI=1S/C19H36N2O2/c1-19(2,3)23-18(22)21-14-7-10-17(12-15-21)20-13-11-16-8-5-4-6-9-16/h16-17,20H,4-15H2,1-3H3. The van der Waals surface area contributed by atoms with Crippen LogP contribution < -0.4 is 5.32 Å². The Kier molecular flexibility index (Phi) is 7.19. The molecular formula is C19H36N2O2. The minimum atomic E-state index is -0.402. The van der Waals surface area contributed by atoms with Gasteiger partial charge in [-0.2, -0.15) is 0 Å². The molecule has 4 heteroatoms. The minimum absolute atomic E-state index is 0.152. The summed E-state index contributed by atoms with van der Waals surface area (Å²) in [6, 6.07) is 0.561. The van der Waals surface area contributed by atoms with Gasteiger partial charge in [0, 0.05) is 19.1 Å². The molecule has 1 N–H and O–H groups in total. The Labute approximate surface area is 142 Å². The Hall–Kier alpha value is -0.770. The highest BCUT2D eigenvalue weighted by molar-refractivity contribution is 5.68. The van der Waals surface area contributed by atoms with Crippen LogP contribution in [0, 0.1) is 5.92 Å². The monoisotopic (exact) mass is 324 g/mol. The Bertz CT molecular complexity index is 359. The average Bonchev–Trinajstić information content (AvgIpc) is 2.72. The molecular weight excluding hydrogens is 288 g/mol. The van der Waals surface area contributed by atoms with E-state index in [1.165, 1.54) is 44.9 Å². The first-order valence-corrected chi connectivity index (χ1v) is 9.65. The first kappa shape index (κ1) is 18.6. The zero-order valence-corrected chi connectivity index (χ0v) is 15.4. The van der Waals surface area contributed by atoms with Crippen LogP contribution in [0.1, 0.15) is 78.6 Å². The Morgan fingerprint density at radius 1 is 1.04 bits per heavy atom. The van der Waals surface area contributed by atoms with Gasteiger partial charge in [0.25, 0.3) is 0 Å². The number of likely N-dealkylation sites (tertiary alicyclic amines) is 1. The lowest BCUT2D eigenvalue weighted by Crippen LogP contribution is -2.38. The zero-order chi connectivity index (χ0) is 16.7. The van der Waals surface area contributed by atoms with Gasteiger partial charge in [0.1, 0.15) is 5.60 Å². The summed E-state index contributed by atoms with van der Waals surface area (Å²) < 4.78 is 5.50. The van der Waals surface area contributed by atoms with Crippen molar-refractivity contribution in [2.75, 3.05) is 19.6 Å². The number of hydrogen-bond acceptors (Lipinski definition) is 3. The SMILES string of the molecule is CC(C)(C)OC(=O)N1CCCC(NCCC2CCCCC2)CC1. The van der Waals surface area contributed by atoms with Gasteiger partial charge in [0.2, 0.25) is 0 Å². The van der Waals surface area contributed by atoms with Gasteiger partial charge in [-0.1, -0.05) is 32.1 Å². The predicted octanol–water partition coefficient (Wildman–Crippen LogP) is 4.34. The molecule has 1 saturated heterocycles. The maximum Gasteiger partial charge on any atom is 0.410 e. The van der Waals surface area contributed by atoms with Crippen molar-refractivity contribution < 1.29 is 9.53 Å². The van der Waals surface area contributed by atoms with Gasteiger partial charge < -0.3 is 15.0 Å². The number of carbonyl (C=O) groups excluding carboxylic acids is 1. The maximum absolute atomic E-state index is 12.2. The molecule has 1 unspecified atom stereocenters. The lowest BCUT2D eigenvalue weighted by atomic mass is 9.87. The van der Waals surface area contributed by atoms with Crippen LogP contribution in [0.25, 0.3) is 0 Å². The maximum atomic E-state index is 12.2. The molecule has 0 spiro atoms. The fraction of sp³-hybridized carbons (Fsp3) is 0.947. The van der Waals surface area contributed by atoms with E-state index in [1.54, 1.807) is 0 Å². The first-order valence-electron chi connectivity index (χ1n) is 9.65. The molecule has 0 radical (unpaired) electrons. The van der Waals surface area contributed by atoms with Gasteiger partial charge in [0.05, 0.1) is 0 Å². The number of nitrogens with zero attached hydrogens (tertiary/aromatic N) is 1. The predicted molar refractivity (Wildman–Crippen MR) is 94.6 cm³/mol. The molecule has 2 aliphatic rings. The molecule has 0 aromatic rings. The quantitative estimate of drug-likeness (QED) is 0.836. The summed E-state index contributed by atoms with van der Waals surface area (Å²) >= 11 is 0. The van der Waals surface area contributed by atoms with E-state index in [-0.39, 0.29) is 6.09 Å². The molecule has 1 aliphatic heterocycles. The summed E-state index contributed by atoms with van der Waals surface area (Å²) in [5.41, 5.74) is -0.402. The highest BCUT2D eigenvalue weighted by Crippen LogP contribution is 2.26. The molecule has 1 saturated carbocycles. The lowest BCUT2D eigenvalue weighted by molar-refractivity contribution is 0.0256. The summed E-state index contributed by atoms with van der Waals surface area (Å²) in [4.78, 5) is 14.1. The third kappa shape index (κ3) is 7.11. The number of hydrogen-bond donors (Lipinski definition) is 1. The summed E-state index contributed by atoms with van der Waals surface area (Å²) in [6.07, 6.45) is 11.6. The highest BCUT2D eigenvalue weighted by atomic mass is 16.6. The second-order valence-electron chi connectivity index (χ2n) is 8.34. The fourth-order valence-electron chi connectivity index (χ4n) is 3.78. The molecule has 2 rings (SSSR count). The van der Waals surface area contributed by atoms with Crippen LogP contribution in [-0.2, 0) is 4.74 Å². The zero-order valence-electron chi connectivity index (χ0n) is 15.4. The smallest absolute Gasteiger partial charge is 0.410 e. The summed E-state index contributed by atoms with van der Waals surface area (Å²) in [5, 5.41) is 3.74. The van der Waals surface area contributed by atoms with Crippen molar-refractivity contribution in [3.8, 4) is 0 Å². The second-order valence-corrected chi connectivity index (χ2v) is 8.34. The largest absolute Gasteiger partial charge is 0.444 e. The van der Waals surface area contributed by atoms with Crippen LogP contribution >= 0.6 is 0 Å². The summed E-state index contributed by atoms with van der Waals surface area (Å²) in [5.74, 6) is 0.945. The molecule has 1 heterocycles. The van der Waals surface area contributed by atoms with E-state index >= 15 is 0 Å². The van der Waals surface area contributed by atoms with Crippen molar-refractivity contribution in [1.29, 1.82) is 0 Å². The van der Waals surface area contributed by atoms with Crippen LogP contribution in [0.3, 0.4) is 0 Å². The molecule has 4 nitrogen and oxygen atoms in total. The van der Waals surface area contributed by atoms with Gasteiger partial charge in [-0.15, -0.1) is 0 Å². The van der Waals surface area contributed by atoms with E-state index in [4.69, 9.17) is 4.74 Å². The third-order valence-electron chi connectivity index (χ3n) is 5.09. The van der Waals surface area contributed by atoms with E-state index in [1.807, 2.05) is 25.7 Å². The first-order chi connectivity index (χ1) is 10.9. The van der Waals surface area contributed by atoms with E-state index in [0.29, 0.717) is 6.04 Å². The average molecular weight is 325 g/mol. The third-order valence-corrected chi connectivity index (χ3v) is 5.09. The Morgan fingerprint density at radius 2 is 1.78 bits per heavy atom. The van der Waals surface area contributed by atoms with E-state index in [2.05, 4.69) is 5.32 Å². The van der Waals surface area contributed by atoms with E-state index in [9.17, 15) is 4.79 Å². The van der Waals surface area contributed by atoms with E-state index in [0.717, 1.165) is 38.4 Å². The van der Waals surface area contributed by atoms with Gasteiger partial charge >= 0.3 is 6.09 Å². The van der Waals surface area contributed by atoms with Crippen LogP contribution in [0.15, 0.2) is 0 Å². The molecule has 134 valence electrons. The molecule has 2 fully saturated rings. The van der Waals surface area contributed by atoms with Gasteiger partial charge in [-0.05, 0) is 58.9 Å². The van der Waals surface area contributed by atoms with Gasteiger partial charge in [-0.3, -0.25) is 0 Å². The van der Waals surface area contributed by atoms with Crippen molar-refractivity contribution in [2.45, 2.75) is 90.2 Å². The molecule has 1 amide bonds. The normalized spacial score (nSPS) is 24.3. The van der Waals surface area contributed by atoms with Crippen molar-refractivity contribution in [3.63, 3.8) is 0 Å². The number of carbonyl (C=O) groups is 1. The van der Waals surface area contributed by atoms with Crippen LogP contribution in [0.4, 0.5) is 4.79 Å². The van der Waals surface area contributed by atoms with Crippen molar-refractivity contribution in [3.05, 3.63) is 0 Å². The molecule has 0 bridgehead atoms. The van der Waals surface area contributed by atoms with Crippen LogP contribution in [0.5, 0.6) is 0 Å². The van der Waals surface area contributed by atoms with Crippen molar-refractivity contribution in [2.24, 2.45) is 5.92 Å². The lowest BCUT2D eigenvalue weighted by Gasteiger charge is -2.26. The van der Waals surface area contributed by atoms with E-state index < -0.39 is 5.60 Å². The van der Waals surface area contributed by atoms with Gasteiger partial charge in [-0.25, -0.2) is 4.79 Å². The Balaban J connectivity index is 1.66. The number of ether oxygens (including phenoxy) is 1. The number of amides is 1. The molecule has 23 heavy (non-hydrogen) atoms. The van der Waals surface area contributed by atoms with Crippen molar-refractivity contribution in [1.82, 2.24) is 10.2 Å². The van der Waals surface area contributed by atoms with Gasteiger partial charge in [0.15, 0.2) is 0 Å². The van der Waals surface area contributed by atoms with Crippen LogP contribution in [0.2, 0.25) is 0 Å². The minimum Gasteiger partial charge on any atom is -0.444 e. The Morgan fingerprint density at radius 3 is 2.48 bits per heavy atom. The number of rotatable bonds is 4. The van der Waals surface area contributed by atoms with Crippen LogP contribution in [-0.4, -0.2) is 42.3 Å². The molecule has 1 atom stereocenters.